The molecule has 2 aromatic rings. The average Bonchev–Trinajstić information content (AvgIpc) is 3.52. The van der Waals surface area contributed by atoms with Crippen LogP contribution < -0.4 is 10.1 Å². The Labute approximate surface area is 240 Å². The van der Waals surface area contributed by atoms with Gasteiger partial charge in [-0.05, 0) is 80.0 Å². The van der Waals surface area contributed by atoms with Crippen LogP contribution in [0.2, 0.25) is 0 Å². The Hall–Kier alpha value is -3.69. The van der Waals surface area contributed by atoms with E-state index in [1.54, 1.807) is 17.0 Å². The zero-order chi connectivity index (χ0) is 29.0. The fourth-order valence-electron chi connectivity index (χ4n) is 6.20. The Morgan fingerprint density at radius 1 is 1.02 bits per heavy atom. The maximum Gasteiger partial charge on any atom is 0.335 e. The third-order valence-electron chi connectivity index (χ3n) is 8.71. The SMILES string of the molecule is CCCCN1C(=O)[C@@H]([C@H](O)C2CC=CC2)NC(=O)C12CCN(Cc1ccc(Oc3ccc(C(=O)O)cc3)cc1)CC2. The number of carboxylic acid groups (broad SMARTS) is 1. The van der Waals surface area contributed by atoms with Crippen molar-refractivity contribution in [3.8, 4) is 11.5 Å². The van der Waals surface area contributed by atoms with Crippen LogP contribution in [0.3, 0.4) is 0 Å². The van der Waals surface area contributed by atoms with Gasteiger partial charge in [0.15, 0.2) is 0 Å². The highest BCUT2D eigenvalue weighted by Gasteiger charge is 2.55. The number of likely N-dealkylation sites (tertiary alicyclic amines) is 1. The van der Waals surface area contributed by atoms with E-state index in [-0.39, 0.29) is 23.3 Å². The van der Waals surface area contributed by atoms with E-state index >= 15 is 0 Å². The average molecular weight is 562 g/mol. The molecule has 0 bridgehead atoms. The number of allylic oxidation sites excluding steroid dienone is 2. The molecule has 0 unspecified atom stereocenters. The molecule has 0 radical (unpaired) electrons. The van der Waals surface area contributed by atoms with Crippen LogP contribution in [-0.4, -0.2) is 75.1 Å². The number of aromatic carboxylic acids is 1. The molecular weight excluding hydrogens is 522 g/mol. The van der Waals surface area contributed by atoms with Crippen molar-refractivity contribution in [3.63, 3.8) is 0 Å². The first kappa shape index (κ1) is 28.8. The number of ether oxygens (including phenoxy) is 1. The van der Waals surface area contributed by atoms with Crippen molar-refractivity contribution in [2.45, 2.75) is 69.7 Å². The Kier molecular flexibility index (Phi) is 8.75. The zero-order valence-corrected chi connectivity index (χ0v) is 23.5. The summed E-state index contributed by atoms with van der Waals surface area (Å²) < 4.78 is 5.85. The molecule has 2 fully saturated rings. The van der Waals surface area contributed by atoms with E-state index in [9.17, 15) is 19.5 Å². The van der Waals surface area contributed by atoms with Gasteiger partial charge in [0.25, 0.3) is 0 Å². The van der Waals surface area contributed by atoms with Gasteiger partial charge in [-0.15, -0.1) is 0 Å². The molecule has 0 aromatic heterocycles. The summed E-state index contributed by atoms with van der Waals surface area (Å²) in [6.07, 6.45) is 7.45. The summed E-state index contributed by atoms with van der Waals surface area (Å²) in [6, 6.07) is 13.2. The van der Waals surface area contributed by atoms with E-state index in [1.807, 2.05) is 36.4 Å². The number of hydrogen-bond acceptors (Lipinski definition) is 6. The highest BCUT2D eigenvalue weighted by atomic mass is 16.5. The summed E-state index contributed by atoms with van der Waals surface area (Å²) in [5.41, 5.74) is 0.439. The number of benzene rings is 2. The van der Waals surface area contributed by atoms with Gasteiger partial charge in [-0.2, -0.15) is 0 Å². The van der Waals surface area contributed by atoms with E-state index in [4.69, 9.17) is 9.84 Å². The standard InChI is InChI=1S/C32H39N3O6/c1-2-3-18-35-29(37)27(28(36)23-6-4-5-7-23)33-31(40)32(35)16-19-34(20-17-32)21-22-8-12-25(13-9-22)41-26-14-10-24(11-15-26)30(38)39/h4-5,8-15,23,27-28,36H,2-3,6-7,16-21H2,1H3,(H,33,40)(H,38,39)/t27-,28-/m1/s1. The monoisotopic (exact) mass is 561 g/mol. The number of unbranched alkanes of at least 4 members (excludes halogenated alkanes) is 1. The molecule has 5 rings (SSSR count). The van der Waals surface area contributed by atoms with Crippen LogP contribution in [-0.2, 0) is 16.1 Å². The van der Waals surface area contributed by atoms with Crippen molar-refractivity contribution in [1.82, 2.24) is 15.1 Å². The van der Waals surface area contributed by atoms with Crippen LogP contribution in [0.25, 0.3) is 0 Å². The maximum absolute atomic E-state index is 13.7. The second kappa shape index (κ2) is 12.4. The number of amides is 2. The first-order chi connectivity index (χ1) is 19.8. The van der Waals surface area contributed by atoms with Gasteiger partial charge < -0.3 is 25.2 Å². The summed E-state index contributed by atoms with van der Waals surface area (Å²) in [5.74, 6) is -0.0912. The lowest BCUT2D eigenvalue weighted by atomic mass is 9.79. The molecule has 2 aliphatic heterocycles. The third-order valence-corrected chi connectivity index (χ3v) is 8.71. The summed E-state index contributed by atoms with van der Waals surface area (Å²) in [6.45, 7) is 4.67. The largest absolute Gasteiger partial charge is 0.478 e. The van der Waals surface area contributed by atoms with Crippen molar-refractivity contribution >= 4 is 17.8 Å². The van der Waals surface area contributed by atoms with Gasteiger partial charge in [-0.25, -0.2) is 4.79 Å². The van der Waals surface area contributed by atoms with Crippen molar-refractivity contribution in [3.05, 3.63) is 71.8 Å². The number of aliphatic hydroxyl groups excluding tert-OH is 1. The second-order valence-corrected chi connectivity index (χ2v) is 11.4. The van der Waals surface area contributed by atoms with Gasteiger partial charge in [0, 0.05) is 26.2 Å². The van der Waals surface area contributed by atoms with Crippen LogP contribution in [0.1, 0.15) is 61.4 Å². The number of nitrogens with one attached hydrogen (secondary N) is 1. The highest BCUT2D eigenvalue weighted by Crippen LogP contribution is 2.36. The molecule has 2 heterocycles. The number of piperazine rings is 1. The zero-order valence-electron chi connectivity index (χ0n) is 23.5. The molecular formula is C32H39N3O6. The van der Waals surface area contributed by atoms with Crippen molar-refractivity contribution in [1.29, 1.82) is 0 Å². The molecule has 2 amide bonds. The van der Waals surface area contributed by atoms with Crippen LogP contribution in [0.15, 0.2) is 60.7 Å². The van der Waals surface area contributed by atoms with Gasteiger partial charge in [-0.1, -0.05) is 37.6 Å². The van der Waals surface area contributed by atoms with Crippen molar-refractivity contribution in [2.75, 3.05) is 19.6 Å². The molecule has 2 saturated heterocycles. The van der Waals surface area contributed by atoms with E-state index in [0.717, 1.165) is 31.2 Å². The smallest absolute Gasteiger partial charge is 0.335 e. The predicted molar refractivity (Wildman–Crippen MR) is 154 cm³/mol. The lowest BCUT2D eigenvalue weighted by Crippen LogP contribution is -2.75. The Bertz CT molecular complexity index is 1260. The number of carbonyl (C=O) groups excluding carboxylic acids is 2. The first-order valence-electron chi connectivity index (χ1n) is 14.6. The van der Waals surface area contributed by atoms with Gasteiger partial charge in [-0.3, -0.25) is 14.5 Å². The quantitative estimate of drug-likeness (QED) is 0.376. The minimum absolute atomic E-state index is 0.0394. The normalized spacial score (nSPS) is 21.7. The van der Waals surface area contributed by atoms with Crippen LogP contribution in [0.4, 0.5) is 0 Å². The molecule has 218 valence electrons. The van der Waals surface area contributed by atoms with E-state index in [2.05, 4.69) is 17.1 Å². The number of carbonyl (C=O) groups is 3. The molecule has 1 spiro atoms. The molecule has 3 N–H and O–H groups in total. The van der Waals surface area contributed by atoms with Crippen molar-refractivity contribution < 1.29 is 29.3 Å². The van der Waals surface area contributed by atoms with E-state index < -0.39 is 23.7 Å². The molecule has 0 saturated carbocycles. The summed E-state index contributed by atoms with van der Waals surface area (Å²) >= 11 is 0. The maximum atomic E-state index is 13.7. The molecule has 3 aliphatic rings. The molecule has 2 aromatic carbocycles. The summed E-state index contributed by atoms with van der Waals surface area (Å²) in [4.78, 5) is 42.5. The Morgan fingerprint density at radius 3 is 2.22 bits per heavy atom. The van der Waals surface area contributed by atoms with Crippen LogP contribution in [0.5, 0.6) is 11.5 Å². The van der Waals surface area contributed by atoms with Gasteiger partial charge in [0.2, 0.25) is 11.8 Å². The second-order valence-electron chi connectivity index (χ2n) is 11.4. The molecule has 1 aliphatic carbocycles. The number of rotatable bonds is 10. The van der Waals surface area contributed by atoms with Crippen LogP contribution in [0, 0.1) is 5.92 Å². The minimum atomic E-state index is -0.978. The van der Waals surface area contributed by atoms with E-state index in [1.165, 1.54) is 12.1 Å². The van der Waals surface area contributed by atoms with Gasteiger partial charge >= 0.3 is 5.97 Å². The molecule has 9 heteroatoms. The molecule has 9 nitrogen and oxygen atoms in total. The van der Waals surface area contributed by atoms with Gasteiger partial charge in [0.1, 0.15) is 23.1 Å². The van der Waals surface area contributed by atoms with Crippen LogP contribution >= 0.6 is 0 Å². The number of hydrogen-bond donors (Lipinski definition) is 3. The fraction of sp³-hybridized carbons (Fsp3) is 0.469. The third kappa shape index (κ3) is 6.16. The number of nitrogens with zero attached hydrogens (tertiary/aromatic N) is 2. The molecule has 2 atom stereocenters. The number of aliphatic hydroxyl groups is 1. The number of piperidine rings is 1. The Morgan fingerprint density at radius 2 is 1.63 bits per heavy atom. The topological polar surface area (TPSA) is 119 Å². The van der Waals surface area contributed by atoms with Crippen molar-refractivity contribution in [2.24, 2.45) is 5.92 Å². The minimum Gasteiger partial charge on any atom is -0.478 e. The predicted octanol–water partition coefficient (Wildman–Crippen LogP) is 3.97. The molecule has 41 heavy (non-hydrogen) atoms. The number of carboxylic acids is 1. The fourth-order valence-corrected chi connectivity index (χ4v) is 6.20. The Balaban J connectivity index is 1.20. The first-order valence-corrected chi connectivity index (χ1v) is 14.6. The lowest BCUT2D eigenvalue weighted by molar-refractivity contribution is -0.165. The van der Waals surface area contributed by atoms with Gasteiger partial charge in [0.05, 0.1) is 11.7 Å². The lowest BCUT2D eigenvalue weighted by Gasteiger charge is -2.52. The van der Waals surface area contributed by atoms with E-state index in [0.29, 0.717) is 50.5 Å². The summed E-state index contributed by atoms with van der Waals surface area (Å²) in [7, 11) is 0. The summed E-state index contributed by atoms with van der Waals surface area (Å²) in [5, 5.41) is 23.0. The highest BCUT2D eigenvalue weighted by molar-refractivity contribution is 6.00.